The van der Waals surface area contributed by atoms with Gasteiger partial charge in [0.15, 0.2) is 0 Å². The molecule has 0 radical (unpaired) electrons. The van der Waals surface area contributed by atoms with E-state index in [-0.39, 0.29) is 23.7 Å². The van der Waals surface area contributed by atoms with Crippen molar-refractivity contribution in [3.05, 3.63) is 65.5 Å². The van der Waals surface area contributed by atoms with E-state index in [4.69, 9.17) is 0 Å². The minimum Gasteiger partial charge on any atom is -0.379 e. The van der Waals surface area contributed by atoms with Gasteiger partial charge in [-0.3, -0.25) is 20.0 Å². The molecule has 198 valence electrons. The van der Waals surface area contributed by atoms with Crippen LogP contribution in [0.3, 0.4) is 0 Å². The number of rotatable bonds is 10. The highest BCUT2D eigenvalue weighted by Gasteiger charge is 2.44. The number of carbonyl (C=O) groups excluding carboxylic acids is 1. The van der Waals surface area contributed by atoms with Gasteiger partial charge in [-0.25, -0.2) is 4.39 Å². The van der Waals surface area contributed by atoms with E-state index in [0.717, 1.165) is 31.4 Å². The van der Waals surface area contributed by atoms with Crippen LogP contribution in [0.25, 0.3) is 0 Å². The van der Waals surface area contributed by atoms with E-state index in [1.54, 1.807) is 18.9 Å². The van der Waals surface area contributed by atoms with Crippen molar-refractivity contribution in [1.82, 2.24) is 15.1 Å². The van der Waals surface area contributed by atoms with Crippen LogP contribution in [0.2, 0.25) is 0 Å². The number of aliphatic hydroxyl groups is 1. The van der Waals surface area contributed by atoms with E-state index in [9.17, 15) is 14.3 Å². The molecule has 2 N–H and O–H groups in total. The Morgan fingerprint density at radius 2 is 1.86 bits per heavy atom. The zero-order chi connectivity index (χ0) is 25.9. The van der Waals surface area contributed by atoms with E-state index in [1.807, 2.05) is 36.5 Å². The van der Waals surface area contributed by atoms with Crippen molar-refractivity contribution in [3.8, 4) is 0 Å². The Balaban J connectivity index is 1.21. The molecule has 0 spiro atoms. The number of amides is 1. The quantitative estimate of drug-likeness (QED) is 0.456. The number of hydrogen-bond acceptors (Lipinski definition) is 5. The maximum atomic E-state index is 14.2. The molecule has 2 aromatic carbocycles. The summed E-state index contributed by atoms with van der Waals surface area (Å²) in [6.45, 7) is 3.03. The average Bonchev–Trinajstić information content (AvgIpc) is 3.43. The van der Waals surface area contributed by atoms with E-state index < -0.39 is 6.23 Å². The normalized spacial score (nSPS) is 26.2. The second-order valence-corrected chi connectivity index (χ2v) is 11.0. The SMILES string of the molecule is CC(=O)N(C)CCC(O)N[C@@H](CCN1C2CCC1CC(C1C=Nc3c(F)cccc31)C2)c1ccccc1. The topological polar surface area (TPSA) is 68.2 Å². The Labute approximate surface area is 219 Å². The predicted octanol–water partition coefficient (Wildman–Crippen LogP) is 4.78. The monoisotopic (exact) mass is 506 g/mol. The van der Waals surface area contributed by atoms with Gasteiger partial charge in [0.1, 0.15) is 17.7 Å². The van der Waals surface area contributed by atoms with Crippen LogP contribution >= 0.6 is 0 Å². The fraction of sp³-hybridized carbons (Fsp3) is 0.533. The summed E-state index contributed by atoms with van der Waals surface area (Å²) in [5.74, 6) is 0.510. The number of nitrogens with one attached hydrogen (secondary N) is 1. The molecule has 2 bridgehead atoms. The van der Waals surface area contributed by atoms with Gasteiger partial charge in [0, 0.05) is 63.7 Å². The average molecular weight is 507 g/mol. The molecule has 2 aromatic rings. The molecule has 4 unspecified atom stereocenters. The lowest BCUT2D eigenvalue weighted by atomic mass is 9.78. The lowest BCUT2D eigenvalue weighted by molar-refractivity contribution is -0.127. The molecule has 2 fully saturated rings. The lowest BCUT2D eigenvalue weighted by Gasteiger charge is -2.41. The van der Waals surface area contributed by atoms with Crippen LogP contribution in [0.5, 0.6) is 0 Å². The van der Waals surface area contributed by atoms with E-state index in [2.05, 4.69) is 27.3 Å². The largest absolute Gasteiger partial charge is 0.379 e. The zero-order valence-electron chi connectivity index (χ0n) is 21.9. The minimum absolute atomic E-state index is 0.00295. The first kappa shape index (κ1) is 26.0. The Kier molecular flexibility index (Phi) is 8.03. The highest BCUT2D eigenvalue weighted by Crippen LogP contribution is 2.47. The maximum absolute atomic E-state index is 14.2. The Morgan fingerprint density at radius 3 is 2.57 bits per heavy atom. The molecular weight excluding hydrogens is 467 g/mol. The second-order valence-electron chi connectivity index (χ2n) is 11.0. The molecular formula is C30H39FN4O2. The third-order valence-electron chi connectivity index (χ3n) is 8.72. The number of para-hydroxylation sites is 1. The molecule has 0 aromatic heterocycles. The maximum Gasteiger partial charge on any atom is 0.219 e. The highest BCUT2D eigenvalue weighted by atomic mass is 19.1. The summed E-state index contributed by atoms with van der Waals surface area (Å²) in [5.41, 5.74) is 2.76. The van der Waals surface area contributed by atoms with Crippen molar-refractivity contribution in [2.24, 2.45) is 10.9 Å². The number of hydrogen-bond donors (Lipinski definition) is 2. The highest BCUT2D eigenvalue weighted by molar-refractivity contribution is 5.81. The van der Waals surface area contributed by atoms with Crippen molar-refractivity contribution in [3.63, 3.8) is 0 Å². The Bertz CT molecular complexity index is 1100. The molecule has 5 rings (SSSR count). The van der Waals surface area contributed by atoms with Gasteiger partial charge < -0.3 is 10.0 Å². The summed E-state index contributed by atoms with van der Waals surface area (Å²) < 4.78 is 14.2. The summed E-state index contributed by atoms with van der Waals surface area (Å²) in [6, 6.07) is 16.8. The van der Waals surface area contributed by atoms with Crippen LogP contribution < -0.4 is 5.32 Å². The van der Waals surface area contributed by atoms with Gasteiger partial charge in [-0.1, -0.05) is 42.5 Å². The molecule has 7 heteroatoms. The third kappa shape index (κ3) is 5.79. The van der Waals surface area contributed by atoms with Gasteiger partial charge in [-0.05, 0) is 55.2 Å². The number of benzene rings is 2. The van der Waals surface area contributed by atoms with Gasteiger partial charge in [-0.2, -0.15) is 0 Å². The molecule has 3 aliphatic rings. The molecule has 5 atom stereocenters. The van der Waals surface area contributed by atoms with Gasteiger partial charge in [0.05, 0.1) is 0 Å². The van der Waals surface area contributed by atoms with E-state index in [0.29, 0.717) is 36.7 Å². The number of aliphatic hydroxyl groups excluding tert-OH is 1. The van der Waals surface area contributed by atoms with Crippen LogP contribution in [-0.2, 0) is 4.79 Å². The molecule has 1 amide bonds. The third-order valence-corrected chi connectivity index (χ3v) is 8.72. The summed E-state index contributed by atoms with van der Waals surface area (Å²) in [4.78, 5) is 20.3. The summed E-state index contributed by atoms with van der Waals surface area (Å²) in [5, 5.41) is 14.1. The molecule has 0 aliphatic carbocycles. The van der Waals surface area contributed by atoms with Crippen molar-refractivity contribution in [1.29, 1.82) is 0 Å². The van der Waals surface area contributed by atoms with Crippen molar-refractivity contribution in [2.75, 3.05) is 20.1 Å². The number of carbonyl (C=O) groups is 1. The number of fused-ring (bicyclic) bond motifs is 3. The van der Waals surface area contributed by atoms with Gasteiger partial charge in [0.2, 0.25) is 5.91 Å². The van der Waals surface area contributed by atoms with Crippen LogP contribution in [0.1, 0.15) is 68.5 Å². The standard InChI is InChI=1S/C30H39FN4O2/c1-20(36)34(2)15-14-29(37)33-28(21-7-4-3-5-8-21)13-16-35-23-11-12-24(35)18-22(17-23)26-19-32-30-25(26)9-6-10-27(30)31/h3-10,19,22-24,26,28-29,33,37H,11-18H2,1-2H3/t22?,23?,24?,26?,28-,29?/m0/s1. The fourth-order valence-electron chi connectivity index (χ4n) is 6.62. The van der Waals surface area contributed by atoms with Gasteiger partial charge in [-0.15, -0.1) is 0 Å². The number of piperidine rings is 1. The minimum atomic E-state index is -0.684. The summed E-state index contributed by atoms with van der Waals surface area (Å²) >= 11 is 0. The van der Waals surface area contributed by atoms with Crippen molar-refractivity contribution >= 4 is 17.8 Å². The number of aliphatic imine (C=N–C) groups is 1. The first-order valence-corrected chi connectivity index (χ1v) is 13.7. The van der Waals surface area contributed by atoms with Crippen molar-refractivity contribution < 1.29 is 14.3 Å². The molecule has 0 saturated carbocycles. The van der Waals surface area contributed by atoms with Crippen molar-refractivity contribution in [2.45, 2.75) is 75.7 Å². The summed E-state index contributed by atoms with van der Waals surface area (Å²) in [6.07, 6.45) is 7.35. The molecule has 3 aliphatic heterocycles. The number of halogens is 1. The van der Waals surface area contributed by atoms with Crippen LogP contribution in [0, 0.1) is 11.7 Å². The molecule has 2 saturated heterocycles. The lowest BCUT2D eigenvalue weighted by Crippen LogP contribution is -2.45. The smallest absolute Gasteiger partial charge is 0.219 e. The first-order valence-electron chi connectivity index (χ1n) is 13.7. The number of nitrogens with zero attached hydrogens (tertiary/aromatic N) is 3. The zero-order valence-corrected chi connectivity index (χ0v) is 21.9. The Morgan fingerprint density at radius 1 is 1.14 bits per heavy atom. The van der Waals surface area contributed by atoms with Crippen LogP contribution in [-0.4, -0.2) is 65.5 Å². The predicted molar refractivity (Wildman–Crippen MR) is 144 cm³/mol. The van der Waals surface area contributed by atoms with Gasteiger partial charge in [0.25, 0.3) is 0 Å². The molecule has 6 nitrogen and oxygen atoms in total. The van der Waals surface area contributed by atoms with Crippen LogP contribution in [0.4, 0.5) is 10.1 Å². The summed E-state index contributed by atoms with van der Waals surface area (Å²) in [7, 11) is 1.76. The molecule has 37 heavy (non-hydrogen) atoms. The fourth-order valence-corrected chi connectivity index (χ4v) is 6.62. The van der Waals surface area contributed by atoms with E-state index >= 15 is 0 Å². The Hall–Kier alpha value is -2.61. The first-order chi connectivity index (χ1) is 17.9. The van der Waals surface area contributed by atoms with Gasteiger partial charge >= 0.3 is 0 Å². The second kappa shape index (κ2) is 11.4. The molecule has 3 heterocycles. The van der Waals surface area contributed by atoms with Crippen LogP contribution in [0.15, 0.2) is 53.5 Å². The van der Waals surface area contributed by atoms with E-state index in [1.165, 1.54) is 24.5 Å².